The summed E-state index contributed by atoms with van der Waals surface area (Å²) in [4.78, 5) is 4.59. The molecule has 6 nitrogen and oxygen atoms in total. The third kappa shape index (κ3) is 5.62. The Labute approximate surface area is 165 Å². The summed E-state index contributed by atoms with van der Waals surface area (Å²) in [7, 11) is 1.94. The number of benzene rings is 1. The monoisotopic (exact) mass is 462 g/mol. The lowest BCUT2D eigenvalue weighted by atomic mass is 10.1. The van der Waals surface area contributed by atoms with E-state index in [1.54, 1.807) is 0 Å². The molecule has 0 saturated carbocycles. The minimum Gasteiger partial charge on any atom is -0.357 e. The Bertz CT molecular complexity index is 668. The van der Waals surface area contributed by atoms with Gasteiger partial charge in [-0.05, 0) is 38.5 Å². The molecule has 2 rings (SSSR count). The number of halogens is 2. The number of aromatic nitrogens is 3. The Hall–Kier alpha value is -1.35. The van der Waals surface area contributed by atoms with E-state index in [0.717, 1.165) is 34.7 Å². The molecule has 1 atom stereocenters. The highest BCUT2D eigenvalue weighted by atomic mass is 127. The molecular formula is C16H24ClIN6. The first-order valence-electron chi connectivity index (χ1n) is 7.66. The van der Waals surface area contributed by atoms with Crippen molar-refractivity contribution in [2.24, 2.45) is 12.0 Å². The number of rotatable bonds is 5. The zero-order valence-electron chi connectivity index (χ0n) is 14.4. The maximum atomic E-state index is 5.93. The van der Waals surface area contributed by atoms with Gasteiger partial charge in [0.25, 0.3) is 0 Å². The smallest absolute Gasteiger partial charge is 0.192 e. The van der Waals surface area contributed by atoms with E-state index in [1.165, 1.54) is 0 Å². The molecular weight excluding hydrogens is 439 g/mol. The second-order valence-electron chi connectivity index (χ2n) is 5.34. The van der Waals surface area contributed by atoms with E-state index in [2.05, 4.69) is 32.7 Å². The van der Waals surface area contributed by atoms with Crippen molar-refractivity contribution in [3.63, 3.8) is 0 Å². The zero-order chi connectivity index (χ0) is 16.8. The van der Waals surface area contributed by atoms with E-state index in [-0.39, 0.29) is 30.0 Å². The normalized spacial score (nSPS) is 12.5. The maximum Gasteiger partial charge on any atom is 0.192 e. The Morgan fingerprint density at radius 3 is 2.50 bits per heavy atom. The Balaban J connectivity index is 0.00000288. The van der Waals surface area contributed by atoms with Crippen LogP contribution in [0.3, 0.4) is 0 Å². The predicted molar refractivity (Wildman–Crippen MR) is 109 cm³/mol. The topological polar surface area (TPSA) is 67.1 Å². The predicted octanol–water partition coefficient (Wildman–Crippen LogP) is 3.21. The van der Waals surface area contributed by atoms with Crippen molar-refractivity contribution in [1.82, 2.24) is 25.4 Å². The van der Waals surface area contributed by atoms with E-state index in [4.69, 9.17) is 11.6 Å². The van der Waals surface area contributed by atoms with Crippen molar-refractivity contribution >= 4 is 41.5 Å². The number of aryl methyl sites for hydroxylation is 1. The Morgan fingerprint density at radius 1 is 1.29 bits per heavy atom. The summed E-state index contributed by atoms with van der Waals surface area (Å²) in [5, 5.41) is 15.5. The van der Waals surface area contributed by atoms with E-state index in [1.807, 2.05) is 49.7 Å². The van der Waals surface area contributed by atoms with Crippen LogP contribution in [0.4, 0.5) is 0 Å². The molecule has 0 fully saturated rings. The van der Waals surface area contributed by atoms with Crippen LogP contribution >= 0.6 is 35.6 Å². The van der Waals surface area contributed by atoms with Gasteiger partial charge < -0.3 is 15.2 Å². The van der Waals surface area contributed by atoms with Crippen molar-refractivity contribution < 1.29 is 0 Å². The Kier molecular flexibility index (Phi) is 8.47. The first-order chi connectivity index (χ1) is 11.0. The van der Waals surface area contributed by atoms with Crippen LogP contribution in [0.25, 0.3) is 0 Å². The first-order valence-corrected chi connectivity index (χ1v) is 8.04. The molecule has 0 amide bonds. The summed E-state index contributed by atoms with van der Waals surface area (Å²) in [6, 6.07) is 7.92. The number of nitrogens with one attached hydrogen (secondary N) is 2. The summed E-state index contributed by atoms with van der Waals surface area (Å²) in [5.74, 6) is 2.46. The molecule has 1 heterocycles. The van der Waals surface area contributed by atoms with Gasteiger partial charge in [-0.3, -0.25) is 0 Å². The van der Waals surface area contributed by atoms with Gasteiger partial charge in [-0.2, -0.15) is 0 Å². The first kappa shape index (κ1) is 20.7. The van der Waals surface area contributed by atoms with Crippen LogP contribution in [-0.4, -0.2) is 27.3 Å². The third-order valence-corrected chi connectivity index (χ3v) is 3.88. The highest BCUT2D eigenvalue weighted by molar-refractivity contribution is 14.0. The molecule has 0 aliphatic rings. The minimum atomic E-state index is 0. The quantitative estimate of drug-likeness (QED) is 0.407. The van der Waals surface area contributed by atoms with Gasteiger partial charge in [-0.25, -0.2) is 4.99 Å². The van der Waals surface area contributed by atoms with Gasteiger partial charge in [0, 0.05) is 18.6 Å². The molecule has 0 radical (unpaired) electrons. The molecule has 0 aliphatic heterocycles. The van der Waals surface area contributed by atoms with Crippen LogP contribution in [0.1, 0.15) is 37.1 Å². The van der Waals surface area contributed by atoms with Crippen molar-refractivity contribution in [2.45, 2.75) is 33.4 Å². The standard InChI is InChI=1S/C16H23ClN6.HI/c1-5-18-16(19-10-15-22-21-12(3)23(15)4)20-11(2)13-6-8-14(17)9-7-13;/h6-9,11H,5,10H2,1-4H3,(H2,18,19,20);1H. The third-order valence-electron chi connectivity index (χ3n) is 3.63. The number of guanidine groups is 1. The summed E-state index contributed by atoms with van der Waals surface area (Å²) in [6.07, 6.45) is 0. The molecule has 24 heavy (non-hydrogen) atoms. The fourth-order valence-corrected chi connectivity index (χ4v) is 2.22. The van der Waals surface area contributed by atoms with Crippen molar-refractivity contribution in [2.75, 3.05) is 6.54 Å². The van der Waals surface area contributed by atoms with Gasteiger partial charge in [0.2, 0.25) is 0 Å². The van der Waals surface area contributed by atoms with Crippen molar-refractivity contribution in [1.29, 1.82) is 0 Å². The fraction of sp³-hybridized carbons (Fsp3) is 0.438. The molecule has 8 heteroatoms. The highest BCUT2D eigenvalue weighted by Crippen LogP contribution is 2.15. The maximum absolute atomic E-state index is 5.93. The average Bonchev–Trinajstić information content (AvgIpc) is 2.85. The highest BCUT2D eigenvalue weighted by Gasteiger charge is 2.09. The van der Waals surface area contributed by atoms with E-state index in [0.29, 0.717) is 6.54 Å². The SMILES string of the molecule is CCNC(=NCc1nnc(C)n1C)NC(C)c1ccc(Cl)cc1.I. The lowest BCUT2D eigenvalue weighted by molar-refractivity contribution is 0.681. The Morgan fingerprint density at radius 2 is 1.96 bits per heavy atom. The van der Waals surface area contributed by atoms with Crippen LogP contribution in [0.5, 0.6) is 0 Å². The van der Waals surface area contributed by atoms with Gasteiger partial charge in [0.1, 0.15) is 12.4 Å². The van der Waals surface area contributed by atoms with Crippen LogP contribution in [0.2, 0.25) is 5.02 Å². The van der Waals surface area contributed by atoms with Gasteiger partial charge in [-0.15, -0.1) is 34.2 Å². The summed E-state index contributed by atoms with van der Waals surface area (Å²) in [5.41, 5.74) is 1.15. The molecule has 0 aliphatic carbocycles. The number of hydrogen-bond acceptors (Lipinski definition) is 3. The van der Waals surface area contributed by atoms with Gasteiger partial charge in [-0.1, -0.05) is 23.7 Å². The van der Waals surface area contributed by atoms with Crippen LogP contribution in [0.15, 0.2) is 29.3 Å². The second-order valence-corrected chi connectivity index (χ2v) is 5.77. The number of hydrogen-bond donors (Lipinski definition) is 2. The summed E-state index contributed by atoms with van der Waals surface area (Å²) >= 11 is 5.93. The summed E-state index contributed by atoms with van der Waals surface area (Å²) < 4.78 is 1.94. The van der Waals surface area contributed by atoms with E-state index >= 15 is 0 Å². The molecule has 1 unspecified atom stereocenters. The van der Waals surface area contributed by atoms with Gasteiger partial charge >= 0.3 is 0 Å². The van der Waals surface area contributed by atoms with Gasteiger partial charge in [0.05, 0.1) is 6.04 Å². The van der Waals surface area contributed by atoms with E-state index in [9.17, 15) is 0 Å². The molecule has 2 N–H and O–H groups in total. The minimum absolute atomic E-state index is 0. The van der Waals surface area contributed by atoms with Crippen LogP contribution in [0, 0.1) is 6.92 Å². The molecule has 0 saturated heterocycles. The average molecular weight is 463 g/mol. The van der Waals surface area contributed by atoms with Crippen molar-refractivity contribution in [3.05, 3.63) is 46.5 Å². The number of aliphatic imine (C=N–C) groups is 1. The zero-order valence-corrected chi connectivity index (χ0v) is 17.5. The molecule has 2 aromatic rings. The van der Waals surface area contributed by atoms with E-state index < -0.39 is 0 Å². The van der Waals surface area contributed by atoms with Crippen molar-refractivity contribution in [3.8, 4) is 0 Å². The molecule has 1 aromatic carbocycles. The molecule has 0 spiro atoms. The molecule has 0 bridgehead atoms. The fourth-order valence-electron chi connectivity index (χ4n) is 2.10. The lowest BCUT2D eigenvalue weighted by Crippen LogP contribution is -2.38. The van der Waals surface area contributed by atoms with Gasteiger partial charge in [0.15, 0.2) is 11.8 Å². The largest absolute Gasteiger partial charge is 0.357 e. The second kappa shape index (κ2) is 9.83. The lowest BCUT2D eigenvalue weighted by Gasteiger charge is -2.18. The number of nitrogens with zero attached hydrogens (tertiary/aromatic N) is 4. The summed E-state index contributed by atoms with van der Waals surface area (Å²) in [6.45, 7) is 7.31. The molecule has 1 aromatic heterocycles. The molecule has 132 valence electrons. The van der Waals surface area contributed by atoms with Crippen LogP contribution < -0.4 is 10.6 Å². The van der Waals surface area contributed by atoms with Crippen LogP contribution in [-0.2, 0) is 13.6 Å².